The lowest BCUT2D eigenvalue weighted by molar-refractivity contribution is -0.101. The van der Waals surface area contributed by atoms with Gasteiger partial charge in [0.05, 0.1) is 0 Å². The maximum absolute atomic E-state index is 5.81. The Labute approximate surface area is 157 Å². The molecule has 1 aromatic heterocycles. The van der Waals surface area contributed by atoms with E-state index in [4.69, 9.17) is 19.0 Å². The minimum atomic E-state index is -0.426. The van der Waals surface area contributed by atoms with Crippen molar-refractivity contribution in [3.63, 3.8) is 0 Å². The summed E-state index contributed by atoms with van der Waals surface area (Å²) >= 11 is 0. The van der Waals surface area contributed by atoms with Crippen LogP contribution < -0.4 is 0 Å². The zero-order valence-corrected chi connectivity index (χ0v) is 16.8. The molecule has 1 unspecified atom stereocenters. The van der Waals surface area contributed by atoms with Crippen molar-refractivity contribution in [3.8, 4) is 0 Å². The molecule has 0 bridgehead atoms. The molecule has 3 aliphatic rings. The number of hydrogen-bond donors (Lipinski definition) is 0. The van der Waals surface area contributed by atoms with Crippen LogP contribution in [0.1, 0.15) is 89.8 Å². The normalized spacial score (nSPS) is 34.2. The van der Waals surface area contributed by atoms with Crippen LogP contribution in [0.25, 0.3) is 0 Å². The molecular weight excluding hydrogens is 328 g/mol. The molecule has 5 nitrogen and oxygen atoms in total. The fourth-order valence-corrected chi connectivity index (χ4v) is 5.29. The van der Waals surface area contributed by atoms with E-state index in [9.17, 15) is 0 Å². The highest BCUT2D eigenvalue weighted by Crippen LogP contribution is 2.67. The summed E-state index contributed by atoms with van der Waals surface area (Å²) in [5.74, 6) is 2.89. The highest BCUT2D eigenvalue weighted by molar-refractivity contribution is 5.19. The fourth-order valence-electron chi connectivity index (χ4n) is 5.29. The van der Waals surface area contributed by atoms with Crippen LogP contribution in [0.3, 0.4) is 0 Å². The number of rotatable bonds is 5. The molecule has 4 rings (SSSR count). The van der Waals surface area contributed by atoms with Crippen LogP contribution in [0.5, 0.6) is 0 Å². The van der Waals surface area contributed by atoms with Gasteiger partial charge in [-0.15, -0.1) is 0 Å². The van der Waals surface area contributed by atoms with E-state index < -0.39 is 5.60 Å². The second-order valence-electron chi connectivity index (χ2n) is 9.50. The van der Waals surface area contributed by atoms with Gasteiger partial charge in [0.15, 0.2) is 0 Å². The van der Waals surface area contributed by atoms with Crippen LogP contribution in [-0.4, -0.2) is 30.5 Å². The molecule has 2 aliphatic carbocycles. The Morgan fingerprint density at radius 2 is 1.85 bits per heavy atom. The van der Waals surface area contributed by atoms with Gasteiger partial charge in [-0.25, -0.2) is 0 Å². The molecule has 1 aliphatic heterocycles. The third kappa shape index (κ3) is 3.01. The molecule has 146 valence electrons. The summed E-state index contributed by atoms with van der Waals surface area (Å²) in [5.41, 5.74) is 0.475. The quantitative estimate of drug-likeness (QED) is 0.751. The summed E-state index contributed by atoms with van der Waals surface area (Å²) in [6, 6.07) is 0. The monoisotopic (exact) mass is 362 g/mol. The summed E-state index contributed by atoms with van der Waals surface area (Å²) in [5, 5.41) is 4.32. The van der Waals surface area contributed by atoms with Gasteiger partial charge >= 0.3 is 0 Å². The van der Waals surface area contributed by atoms with Gasteiger partial charge in [0.25, 0.3) is 0 Å². The van der Waals surface area contributed by atoms with E-state index in [2.05, 4.69) is 25.9 Å². The zero-order chi connectivity index (χ0) is 18.4. The van der Waals surface area contributed by atoms with Crippen molar-refractivity contribution in [1.82, 2.24) is 10.1 Å². The van der Waals surface area contributed by atoms with Crippen LogP contribution in [-0.2, 0) is 15.1 Å². The first-order valence-electron chi connectivity index (χ1n) is 10.4. The first-order valence-corrected chi connectivity index (χ1v) is 10.4. The standard InChI is InChI=1S/C21H34N2O3/c1-5-19(2,3)15-6-8-20(9-7-15)14-16(20)17-22-18(23-26-17)21(24-4)10-12-25-13-11-21/h15-16H,5-14H2,1-4H3. The van der Waals surface area contributed by atoms with E-state index in [0.717, 1.165) is 30.5 Å². The number of methoxy groups -OCH3 is 1. The van der Waals surface area contributed by atoms with E-state index in [0.29, 0.717) is 30.0 Å². The number of hydrogen-bond acceptors (Lipinski definition) is 5. The molecule has 2 heterocycles. The maximum atomic E-state index is 5.81. The average molecular weight is 363 g/mol. The van der Waals surface area contributed by atoms with Gasteiger partial charge in [0, 0.05) is 39.1 Å². The zero-order valence-electron chi connectivity index (χ0n) is 16.8. The third-order valence-corrected chi connectivity index (χ3v) is 8.03. The van der Waals surface area contributed by atoms with Gasteiger partial charge in [-0.2, -0.15) is 4.98 Å². The first kappa shape index (κ1) is 18.4. The molecule has 0 amide bonds. The summed E-state index contributed by atoms with van der Waals surface area (Å²) in [7, 11) is 1.75. The lowest BCUT2D eigenvalue weighted by Gasteiger charge is -2.39. The maximum Gasteiger partial charge on any atom is 0.230 e. The largest absolute Gasteiger partial charge is 0.381 e. The lowest BCUT2D eigenvalue weighted by atomic mass is 9.66. The number of nitrogens with zero attached hydrogens (tertiary/aromatic N) is 2. The number of ether oxygens (including phenoxy) is 2. The Balaban J connectivity index is 1.43. The minimum absolute atomic E-state index is 0.426. The van der Waals surface area contributed by atoms with Crippen molar-refractivity contribution in [2.45, 2.75) is 83.7 Å². The minimum Gasteiger partial charge on any atom is -0.381 e. The molecule has 1 saturated heterocycles. The van der Waals surface area contributed by atoms with Crippen LogP contribution in [0.2, 0.25) is 0 Å². The van der Waals surface area contributed by atoms with Gasteiger partial charge in [0.2, 0.25) is 11.7 Å². The van der Waals surface area contributed by atoms with E-state index in [1.165, 1.54) is 38.5 Å². The Morgan fingerprint density at radius 1 is 1.15 bits per heavy atom. The van der Waals surface area contributed by atoms with Crippen LogP contribution in [0.15, 0.2) is 4.52 Å². The van der Waals surface area contributed by atoms with E-state index in [1.54, 1.807) is 7.11 Å². The molecule has 3 fully saturated rings. The SMILES string of the molecule is CCC(C)(C)C1CCC2(CC1)CC2c1nc(C2(OC)CCOCC2)no1. The highest BCUT2D eigenvalue weighted by Gasteiger charge is 2.59. The molecule has 2 saturated carbocycles. The Kier molecular flexibility index (Phi) is 4.67. The van der Waals surface area contributed by atoms with E-state index in [1.807, 2.05) is 0 Å². The summed E-state index contributed by atoms with van der Waals surface area (Å²) < 4.78 is 17.0. The Hall–Kier alpha value is -0.940. The summed E-state index contributed by atoms with van der Waals surface area (Å²) in [4.78, 5) is 4.81. The summed E-state index contributed by atoms with van der Waals surface area (Å²) in [6.45, 7) is 8.58. The first-order chi connectivity index (χ1) is 12.4. The van der Waals surface area contributed by atoms with Crippen molar-refractivity contribution in [3.05, 3.63) is 11.7 Å². The Bertz CT molecular complexity index is 625. The highest BCUT2D eigenvalue weighted by atomic mass is 16.5. The fraction of sp³-hybridized carbons (Fsp3) is 0.905. The second kappa shape index (κ2) is 6.59. The molecule has 1 aromatic rings. The lowest BCUT2D eigenvalue weighted by Crippen LogP contribution is -2.36. The third-order valence-electron chi connectivity index (χ3n) is 8.03. The van der Waals surface area contributed by atoms with E-state index in [-0.39, 0.29) is 0 Å². The van der Waals surface area contributed by atoms with Gasteiger partial charge in [0.1, 0.15) is 5.60 Å². The number of aromatic nitrogens is 2. The van der Waals surface area contributed by atoms with Crippen molar-refractivity contribution >= 4 is 0 Å². The van der Waals surface area contributed by atoms with Gasteiger partial charge in [-0.05, 0) is 48.9 Å². The predicted octanol–water partition coefficient (Wildman–Crippen LogP) is 4.82. The Morgan fingerprint density at radius 3 is 2.46 bits per heavy atom. The van der Waals surface area contributed by atoms with Gasteiger partial charge < -0.3 is 14.0 Å². The topological polar surface area (TPSA) is 57.4 Å². The molecule has 1 spiro atoms. The van der Waals surface area contributed by atoms with Gasteiger partial charge in [-0.3, -0.25) is 0 Å². The summed E-state index contributed by atoms with van der Waals surface area (Å²) in [6.07, 6.45) is 9.40. The van der Waals surface area contributed by atoms with Crippen molar-refractivity contribution in [2.75, 3.05) is 20.3 Å². The predicted molar refractivity (Wildman–Crippen MR) is 98.9 cm³/mol. The van der Waals surface area contributed by atoms with Crippen LogP contribution >= 0.6 is 0 Å². The molecule has 1 atom stereocenters. The van der Waals surface area contributed by atoms with Crippen molar-refractivity contribution in [1.29, 1.82) is 0 Å². The van der Waals surface area contributed by atoms with Crippen LogP contribution in [0, 0.1) is 16.7 Å². The van der Waals surface area contributed by atoms with Crippen LogP contribution in [0.4, 0.5) is 0 Å². The van der Waals surface area contributed by atoms with Gasteiger partial charge in [-0.1, -0.05) is 32.3 Å². The van der Waals surface area contributed by atoms with Crippen molar-refractivity contribution in [2.24, 2.45) is 16.7 Å². The molecule has 0 N–H and O–H groups in total. The molecule has 0 aromatic carbocycles. The smallest absolute Gasteiger partial charge is 0.230 e. The molecular formula is C21H34N2O3. The molecule has 5 heteroatoms. The van der Waals surface area contributed by atoms with Crippen molar-refractivity contribution < 1.29 is 14.0 Å². The molecule has 26 heavy (non-hydrogen) atoms. The van der Waals surface area contributed by atoms with E-state index >= 15 is 0 Å². The second-order valence-corrected chi connectivity index (χ2v) is 9.50. The average Bonchev–Trinajstić information content (AvgIpc) is 3.14. The molecule has 0 radical (unpaired) electrons.